The Hall–Kier alpha value is 0.0249. The monoisotopic (exact) mass is 197 g/mol. The molecule has 3 radical (unpaired) electrons. The molecule has 14 heavy (non-hydrogen) atoms. The van der Waals surface area contributed by atoms with Crippen molar-refractivity contribution in [1.29, 1.82) is 0 Å². The number of rotatable bonds is 8. The SMILES string of the molecule is CCC[N+](CCC)(CCC)CCC.[B]. The van der Waals surface area contributed by atoms with Crippen molar-refractivity contribution in [2.75, 3.05) is 26.2 Å². The van der Waals surface area contributed by atoms with Gasteiger partial charge in [0.25, 0.3) is 0 Å². The van der Waals surface area contributed by atoms with E-state index in [1.807, 2.05) is 0 Å². The molecule has 0 aliphatic heterocycles. The Kier molecular flexibility index (Phi) is 11.3. The summed E-state index contributed by atoms with van der Waals surface area (Å²) in [6.45, 7) is 14.8. The lowest BCUT2D eigenvalue weighted by atomic mass is 10.2. The van der Waals surface area contributed by atoms with Crippen molar-refractivity contribution in [3.63, 3.8) is 0 Å². The third kappa shape index (κ3) is 5.69. The van der Waals surface area contributed by atoms with Gasteiger partial charge in [0.1, 0.15) is 0 Å². The number of hydrogen-bond donors (Lipinski definition) is 0. The highest BCUT2D eigenvalue weighted by Crippen LogP contribution is 2.12. The van der Waals surface area contributed by atoms with Gasteiger partial charge in [-0.25, -0.2) is 0 Å². The third-order valence-electron chi connectivity index (χ3n) is 2.79. The Morgan fingerprint density at radius 1 is 0.571 bits per heavy atom. The summed E-state index contributed by atoms with van der Waals surface area (Å²) in [5.74, 6) is 0. The van der Waals surface area contributed by atoms with Crippen LogP contribution in [0.15, 0.2) is 0 Å². The van der Waals surface area contributed by atoms with Gasteiger partial charge in [0.15, 0.2) is 0 Å². The minimum absolute atomic E-state index is 0. The Morgan fingerprint density at radius 2 is 0.786 bits per heavy atom. The Balaban J connectivity index is 0. The summed E-state index contributed by atoms with van der Waals surface area (Å²) in [6.07, 6.45) is 5.33. The minimum Gasteiger partial charge on any atom is -0.324 e. The molecule has 0 saturated heterocycles. The van der Waals surface area contributed by atoms with E-state index in [0.29, 0.717) is 0 Å². The minimum atomic E-state index is 0. The summed E-state index contributed by atoms with van der Waals surface area (Å²) in [5, 5.41) is 0. The van der Waals surface area contributed by atoms with E-state index in [0.717, 1.165) is 0 Å². The van der Waals surface area contributed by atoms with Crippen LogP contribution in [0.25, 0.3) is 0 Å². The van der Waals surface area contributed by atoms with E-state index in [9.17, 15) is 0 Å². The van der Waals surface area contributed by atoms with Crippen LogP contribution in [0.1, 0.15) is 53.4 Å². The van der Waals surface area contributed by atoms with E-state index in [2.05, 4.69) is 27.7 Å². The van der Waals surface area contributed by atoms with E-state index >= 15 is 0 Å². The molecule has 0 amide bonds. The molecule has 0 rings (SSSR count). The lowest BCUT2D eigenvalue weighted by molar-refractivity contribution is -0.928. The van der Waals surface area contributed by atoms with Gasteiger partial charge in [-0.15, -0.1) is 0 Å². The maximum atomic E-state index is 2.31. The van der Waals surface area contributed by atoms with Crippen LogP contribution in [-0.4, -0.2) is 39.1 Å². The molecule has 83 valence electrons. The van der Waals surface area contributed by atoms with Crippen molar-refractivity contribution in [3.8, 4) is 0 Å². The first kappa shape index (κ1) is 16.5. The smallest absolute Gasteiger partial charge is 0.0783 e. The summed E-state index contributed by atoms with van der Waals surface area (Å²) in [5.41, 5.74) is 0. The molecule has 0 N–H and O–H groups in total. The van der Waals surface area contributed by atoms with Crippen LogP contribution >= 0.6 is 0 Å². The Labute approximate surface area is 93.0 Å². The molecule has 2 heteroatoms. The van der Waals surface area contributed by atoms with Crippen LogP contribution in [0.2, 0.25) is 0 Å². The van der Waals surface area contributed by atoms with Crippen molar-refractivity contribution in [2.45, 2.75) is 53.4 Å². The first-order valence-corrected chi connectivity index (χ1v) is 6.09. The molecule has 1 nitrogen and oxygen atoms in total. The second kappa shape index (κ2) is 9.58. The van der Waals surface area contributed by atoms with E-state index in [4.69, 9.17) is 0 Å². The van der Waals surface area contributed by atoms with Crippen LogP contribution in [0.3, 0.4) is 0 Å². The van der Waals surface area contributed by atoms with Crippen molar-refractivity contribution in [2.24, 2.45) is 0 Å². The molecule has 0 bridgehead atoms. The summed E-state index contributed by atoms with van der Waals surface area (Å²) < 4.78 is 1.38. The normalized spacial score (nSPS) is 11.1. The molecule has 0 aromatic rings. The van der Waals surface area contributed by atoms with Gasteiger partial charge in [0, 0.05) is 8.41 Å². The molecule has 0 heterocycles. The van der Waals surface area contributed by atoms with Gasteiger partial charge in [-0.3, -0.25) is 0 Å². The van der Waals surface area contributed by atoms with Gasteiger partial charge in [0.05, 0.1) is 26.2 Å². The maximum Gasteiger partial charge on any atom is 0.0783 e. The molecule has 0 fully saturated rings. The van der Waals surface area contributed by atoms with Crippen LogP contribution in [0.4, 0.5) is 0 Å². The fraction of sp³-hybridized carbons (Fsp3) is 1.00. The predicted octanol–water partition coefficient (Wildman–Crippen LogP) is 3.06. The van der Waals surface area contributed by atoms with Gasteiger partial charge < -0.3 is 4.48 Å². The molecular weight excluding hydrogens is 169 g/mol. The van der Waals surface area contributed by atoms with Crippen molar-refractivity contribution >= 4 is 8.41 Å². The fourth-order valence-corrected chi connectivity index (χ4v) is 2.57. The van der Waals surface area contributed by atoms with Crippen LogP contribution in [0.5, 0.6) is 0 Å². The summed E-state index contributed by atoms with van der Waals surface area (Å²) in [4.78, 5) is 0. The van der Waals surface area contributed by atoms with Gasteiger partial charge in [-0.05, 0) is 25.7 Å². The van der Waals surface area contributed by atoms with Crippen LogP contribution in [0, 0.1) is 0 Å². The van der Waals surface area contributed by atoms with Gasteiger partial charge in [-0.2, -0.15) is 0 Å². The number of quaternary nitrogens is 1. The molecular formula is C12H28BN+. The standard InChI is InChI=1S/C12H28N.B/c1-5-9-13(10-6-2,11-7-3)12-8-4;/h5-12H2,1-4H3;/q+1;. The van der Waals surface area contributed by atoms with Gasteiger partial charge in [-0.1, -0.05) is 27.7 Å². The quantitative estimate of drug-likeness (QED) is 0.414. The van der Waals surface area contributed by atoms with E-state index < -0.39 is 0 Å². The second-order valence-corrected chi connectivity index (χ2v) is 4.24. The van der Waals surface area contributed by atoms with Gasteiger partial charge in [0.2, 0.25) is 0 Å². The lowest BCUT2D eigenvalue weighted by Crippen LogP contribution is -2.50. The Bertz CT molecular complexity index is 85.4. The topological polar surface area (TPSA) is 0 Å². The highest BCUT2D eigenvalue weighted by molar-refractivity contribution is 5.75. The van der Waals surface area contributed by atoms with E-state index in [1.165, 1.54) is 56.3 Å². The zero-order valence-electron chi connectivity index (χ0n) is 10.7. The molecule has 0 atom stereocenters. The molecule has 0 saturated carbocycles. The second-order valence-electron chi connectivity index (χ2n) is 4.24. The molecule has 0 aromatic heterocycles. The van der Waals surface area contributed by atoms with Crippen molar-refractivity contribution in [3.05, 3.63) is 0 Å². The third-order valence-corrected chi connectivity index (χ3v) is 2.79. The highest BCUT2D eigenvalue weighted by atomic mass is 15.3. The largest absolute Gasteiger partial charge is 0.324 e. The molecule has 0 spiro atoms. The molecule has 0 unspecified atom stereocenters. The number of nitrogens with zero attached hydrogens (tertiary/aromatic N) is 1. The summed E-state index contributed by atoms with van der Waals surface area (Å²) >= 11 is 0. The first-order chi connectivity index (χ1) is 6.24. The van der Waals surface area contributed by atoms with Crippen molar-refractivity contribution < 1.29 is 4.48 Å². The fourth-order valence-electron chi connectivity index (χ4n) is 2.57. The zero-order valence-corrected chi connectivity index (χ0v) is 10.7. The number of hydrogen-bond acceptors (Lipinski definition) is 0. The average molecular weight is 197 g/mol. The van der Waals surface area contributed by atoms with Crippen LogP contribution in [-0.2, 0) is 0 Å². The molecule has 0 aromatic carbocycles. The Morgan fingerprint density at radius 3 is 0.929 bits per heavy atom. The van der Waals surface area contributed by atoms with E-state index in [1.54, 1.807) is 0 Å². The maximum absolute atomic E-state index is 2.31. The zero-order chi connectivity index (χ0) is 10.2. The summed E-state index contributed by atoms with van der Waals surface area (Å²) in [7, 11) is 0. The first-order valence-electron chi connectivity index (χ1n) is 6.09. The average Bonchev–Trinajstić information content (AvgIpc) is 2.06. The van der Waals surface area contributed by atoms with Crippen molar-refractivity contribution in [1.82, 2.24) is 0 Å². The predicted molar refractivity (Wildman–Crippen MR) is 66.6 cm³/mol. The molecule has 0 aliphatic carbocycles. The summed E-state index contributed by atoms with van der Waals surface area (Å²) in [6, 6.07) is 0. The van der Waals surface area contributed by atoms with E-state index in [-0.39, 0.29) is 8.41 Å². The highest BCUT2D eigenvalue weighted by Gasteiger charge is 2.22. The molecule has 0 aliphatic rings. The van der Waals surface area contributed by atoms with Crippen LogP contribution < -0.4 is 0 Å². The lowest BCUT2D eigenvalue weighted by Gasteiger charge is -2.38. The van der Waals surface area contributed by atoms with Gasteiger partial charge >= 0.3 is 0 Å².